The van der Waals surface area contributed by atoms with Crippen LogP contribution in [0.3, 0.4) is 0 Å². The molecule has 0 aliphatic heterocycles. The zero-order valence-corrected chi connectivity index (χ0v) is 12.9. The summed E-state index contributed by atoms with van der Waals surface area (Å²) < 4.78 is 5.95. The fourth-order valence-corrected chi connectivity index (χ4v) is 1.94. The van der Waals surface area contributed by atoms with Gasteiger partial charge in [0.05, 0.1) is 12.8 Å². The maximum atomic E-state index is 11.7. The molecule has 20 heavy (non-hydrogen) atoms. The minimum absolute atomic E-state index is 0.0144. The molecule has 1 rings (SSSR count). The molecule has 110 valence electrons. The molecule has 7 heteroatoms. The highest BCUT2D eigenvalue weighted by molar-refractivity contribution is 9.10. The van der Waals surface area contributed by atoms with Gasteiger partial charge in [-0.1, -0.05) is 22.9 Å². The molecule has 0 heterocycles. The van der Waals surface area contributed by atoms with Gasteiger partial charge in [0.1, 0.15) is 5.75 Å². The molecule has 0 aromatic heterocycles. The molecular formula is C13H17BrN2O4. The first-order valence-electron chi connectivity index (χ1n) is 6.02. The number of anilines is 1. The van der Waals surface area contributed by atoms with Crippen LogP contribution in [-0.2, 0) is 4.79 Å². The maximum Gasteiger partial charge on any atom is 0.319 e. The summed E-state index contributed by atoms with van der Waals surface area (Å²) in [4.78, 5) is 22.3. The van der Waals surface area contributed by atoms with Gasteiger partial charge in [-0.2, -0.15) is 0 Å². The van der Waals surface area contributed by atoms with Crippen molar-refractivity contribution in [2.75, 3.05) is 19.0 Å². The molecule has 0 saturated heterocycles. The minimum atomic E-state index is -0.881. The largest absolute Gasteiger partial charge is 0.495 e. The summed E-state index contributed by atoms with van der Waals surface area (Å²) in [5, 5.41) is 13.9. The van der Waals surface area contributed by atoms with E-state index in [0.29, 0.717) is 11.4 Å². The first-order chi connectivity index (χ1) is 9.42. The standard InChI is InChI=1S/C13H17BrN2O4/c1-8(5-12(17)18)7-15-13(19)16-10-6-9(14)3-4-11(10)20-2/h3-4,6,8H,5,7H2,1-2H3,(H,17,18)(H2,15,16,19). The number of carbonyl (C=O) groups excluding carboxylic acids is 1. The zero-order chi connectivity index (χ0) is 15.1. The highest BCUT2D eigenvalue weighted by atomic mass is 79.9. The number of halogens is 1. The molecule has 0 radical (unpaired) electrons. The van der Waals surface area contributed by atoms with E-state index in [1.165, 1.54) is 7.11 Å². The van der Waals surface area contributed by atoms with Crippen molar-refractivity contribution >= 4 is 33.6 Å². The summed E-state index contributed by atoms with van der Waals surface area (Å²) in [6.45, 7) is 2.04. The number of ether oxygens (including phenoxy) is 1. The second-order valence-corrected chi connectivity index (χ2v) is 5.30. The first kappa shape index (κ1) is 16.3. The van der Waals surface area contributed by atoms with E-state index in [-0.39, 0.29) is 18.9 Å². The van der Waals surface area contributed by atoms with Gasteiger partial charge in [0, 0.05) is 17.4 Å². The lowest BCUT2D eigenvalue weighted by Gasteiger charge is -2.13. The summed E-state index contributed by atoms with van der Waals surface area (Å²) in [5.41, 5.74) is 0.533. The highest BCUT2D eigenvalue weighted by Crippen LogP contribution is 2.27. The topological polar surface area (TPSA) is 87.7 Å². The van der Waals surface area contributed by atoms with Crippen molar-refractivity contribution in [3.8, 4) is 5.75 Å². The molecule has 1 aromatic rings. The van der Waals surface area contributed by atoms with Crippen molar-refractivity contribution in [2.45, 2.75) is 13.3 Å². The molecule has 3 N–H and O–H groups in total. The molecule has 0 saturated carbocycles. The number of amides is 2. The van der Waals surface area contributed by atoms with Crippen molar-refractivity contribution in [3.05, 3.63) is 22.7 Å². The maximum absolute atomic E-state index is 11.7. The third-order valence-electron chi connectivity index (χ3n) is 2.54. The molecule has 0 spiro atoms. The average Bonchev–Trinajstić information content (AvgIpc) is 2.36. The molecule has 6 nitrogen and oxygen atoms in total. The smallest absolute Gasteiger partial charge is 0.319 e. The van der Waals surface area contributed by atoms with Gasteiger partial charge in [0.25, 0.3) is 0 Å². The van der Waals surface area contributed by atoms with Crippen LogP contribution in [0.2, 0.25) is 0 Å². The van der Waals surface area contributed by atoms with Crippen LogP contribution in [-0.4, -0.2) is 30.8 Å². The Kier molecular flexibility index (Phi) is 6.30. The van der Waals surface area contributed by atoms with Crippen LogP contribution in [0.5, 0.6) is 5.75 Å². The normalized spacial score (nSPS) is 11.6. The van der Waals surface area contributed by atoms with Crippen LogP contribution < -0.4 is 15.4 Å². The SMILES string of the molecule is COc1ccc(Br)cc1NC(=O)NCC(C)CC(=O)O. The van der Waals surface area contributed by atoms with Gasteiger partial charge in [-0.15, -0.1) is 0 Å². The Morgan fingerprint density at radius 1 is 1.45 bits per heavy atom. The molecule has 0 aliphatic rings. The Labute approximate surface area is 125 Å². The number of carboxylic acids is 1. The van der Waals surface area contributed by atoms with Crippen LogP contribution in [0.1, 0.15) is 13.3 Å². The van der Waals surface area contributed by atoms with E-state index >= 15 is 0 Å². The molecular weight excluding hydrogens is 328 g/mol. The van der Waals surface area contributed by atoms with Crippen LogP contribution in [0, 0.1) is 5.92 Å². The van der Waals surface area contributed by atoms with Crippen molar-refractivity contribution in [3.63, 3.8) is 0 Å². The molecule has 2 amide bonds. The number of hydrogen-bond acceptors (Lipinski definition) is 3. The Morgan fingerprint density at radius 3 is 2.75 bits per heavy atom. The van der Waals surface area contributed by atoms with E-state index in [4.69, 9.17) is 9.84 Å². The minimum Gasteiger partial charge on any atom is -0.495 e. The number of hydrogen-bond donors (Lipinski definition) is 3. The number of rotatable bonds is 6. The Balaban J connectivity index is 2.54. The quantitative estimate of drug-likeness (QED) is 0.740. The van der Waals surface area contributed by atoms with Gasteiger partial charge in [0.2, 0.25) is 0 Å². The highest BCUT2D eigenvalue weighted by Gasteiger charge is 2.11. The predicted octanol–water partition coefficient (Wildman–Crippen LogP) is 2.69. The third kappa shape index (κ3) is 5.48. The van der Waals surface area contributed by atoms with E-state index in [2.05, 4.69) is 26.6 Å². The van der Waals surface area contributed by atoms with E-state index < -0.39 is 12.0 Å². The summed E-state index contributed by atoms with van der Waals surface area (Å²) in [7, 11) is 1.52. The third-order valence-corrected chi connectivity index (χ3v) is 3.04. The van der Waals surface area contributed by atoms with Gasteiger partial charge in [-0.3, -0.25) is 4.79 Å². The van der Waals surface area contributed by atoms with Gasteiger partial charge < -0.3 is 20.5 Å². The zero-order valence-electron chi connectivity index (χ0n) is 11.3. The molecule has 0 aliphatic carbocycles. The second kappa shape index (κ2) is 7.74. The number of nitrogens with one attached hydrogen (secondary N) is 2. The molecule has 0 fully saturated rings. The number of benzene rings is 1. The van der Waals surface area contributed by atoms with Crippen molar-refractivity contribution in [1.82, 2.24) is 5.32 Å². The van der Waals surface area contributed by atoms with E-state index in [0.717, 1.165) is 4.47 Å². The Morgan fingerprint density at radius 2 is 2.15 bits per heavy atom. The van der Waals surface area contributed by atoms with Crippen LogP contribution in [0.15, 0.2) is 22.7 Å². The number of aliphatic carboxylic acids is 1. The van der Waals surface area contributed by atoms with Crippen LogP contribution in [0.25, 0.3) is 0 Å². The lowest BCUT2D eigenvalue weighted by molar-refractivity contribution is -0.137. The van der Waals surface area contributed by atoms with E-state index in [1.807, 2.05) is 0 Å². The fraction of sp³-hybridized carbons (Fsp3) is 0.385. The summed E-state index contributed by atoms with van der Waals surface area (Å²) in [6, 6.07) is 4.85. The van der Waals surface area contributed by atoms with Gasteiger partial charge >= 0.3 is 12.0 Å². The number of methoxy groups -OCH3 is 1. The molecule has 1 aromatic carbocycles. The molecule has 1 atom stereocenters. The van der Waals surface area contributed by atoms with Crippen LogP contribution >= 0.6 is 15.9 Å². The summed E-state index contributed by atoms with van der Waals surface area (Å²) >= 11 is 3.31. The van der Waals surface area contributed by atoms with Gasteiger partial charge in [0.15, 0.2) is 0 Å². The Bertz CT molecular complexity index is 493. The van der Waals surface area contributed by atoms with Gasteiger partial charge in [-0.05, 0) is 24.1 Å². The molecule has 1 unspecified atom stereocenters. The lowest BCUT2D eigenvalue weighted by atomic mass is 10.1. The Hall–Kier alpha value is -1.76. The monoisotopic (exact) mass is 344 g/mol. The van der Waals surface area contributed by atoms with E-state index in [1.54, 1.807) is 25.1 Å². The summed E-state index contributed by atoms with van der Waals surface area (Å²) in [5.74, 6) is -0.474. The van der Waals surface area contributed by atoms with Crippen LogP contribution in [0.4, 0.5) is 10.5 Å². The average molecular weight is 345 g/mol. The van der Waals surface area contributed by atoms with E-state index in [9.17, 15) is 9.59 Å². The fourth-order valence-electron chi connectivity index (χ4n) is 1.58. The first-order valence-corrected chi connectivity index (χ1v) is 6.82. The lowest BCUT2D eigenvalue weighted by Crippen LogP contribution is -2.33. The predicted molar refractivity (Wildman–Crippen MR) is 79.1 cm³/mol. The number of urea groups is 1. The van der Waals surface area contributed by atoms with Crippen molar-refractivity contribution < 1.29 is 19.4 Å². The second-order valence-electron chi connectivity index (χ2n) is 4.38. The van der Waals surface area contributed by atoms with Gasteiger partial charge in [-0.25, -0.2) is 4.79 Å². The number of carbonyl (C=O) groups is 2. The molecule has 0 bridgehead atoms. The number of carboxylic acid groups (broad SMARTS) is 1. The summed E-state index contributed by atoms with van der Waals surface area (Å²) in [6.07, 6.45) is 0.0144. The van der Waals surface area contributed by atoms with Crippen molar-refractivity contribution in [1.29, 1.82) is 0 Å². The van der Waals surface area contributed by atoms with Crippen molar-refractivity contribution in [2.24, 2.45) is 5.92 Å².